The van der Waals surface area contributed by atoms with Crippen molar-refractivity contribution in [2.45, 2.75) is 52.9 Å². The summed E-state index contributed by atoms with van der Waals surface area (Å²) in [4.78, 5) is 0. The first-order valence-corrected chi connectivity index (χ1v) is 8.84. The van der Waals surface area contributed by atoms with Gasteiger partial charge in [0.25, 0.3) is 0 Å². The van der Waals surface area contributed by atoms with Gasteiger partial charge >= 0.3 is 0 Å². The molecule has 0 saturated heterocycles. The zero-order valence-electron chi connectivity index (χ0n) is 14.0. The van der Waals surface area contributed by atoms with Crippen LogP contribution < -0.4 is 5.32 Å². The highest BCUT2D eigenvalue weighted by Crippen LogP contribution is 2.57. The molecule has 3 rings (SSSR count). The van der Waals surface area contributed by atoms with Crippen molar-refractivity contribution in [3.05, 3.63) is 35.4 Å². The summed E-state index contributed by atoms with van der Waals surface area (Å²) in [5, 5.41) is 3.78. The van der Waals surface area contributed by atoms with Crippen molar-refractivity contribution in [1.82, 2.24) is 5.32 Å². The second kappa shape index (κ2) is 6.12. The Morgan fingerprint density at radius 1 is 1.19 bits per heavy atom. The minimum absolute atomic E-state index is 0.535. The molecule has 21 heavy (non-hydrogen) atoms. The largest absolute Gasteiger partial charge is 0.316 e. The topological polar surface area (TPSA) is 12.0 Å². The third-order valence-electron chi connectivity index (χ3n) is 5.81. The van der Waals surface area contributed by atoms with Crippen LogP contribution in [0.2, 0.25) is 0 Å². The van der Waals surface area contributed by atoms with E-state index in [0.29, 0.717) is 5.41 Å². The molecule has 3 atom stereocenters. The van der Waals surface area contributed by atoms with Gasteiger partial charge < -0.3 is 5.32 Å². The summed E-state index contributed by atoms with van der Waals surface area (Å²) in [5.41, 5.74) is 3.45. The maximum Gasteiger partial charge on any atom is 0.00139 e. The Morgan fingerprint density at radius 3 is 2.52 bits per heavy atom. The highest BCUT2D eigenvalue weighted by molar-refractivity contribution is 5.23. The molecule has 0 aliphatic heterocycles. The molecule has 0 aromatic heterocycles. The summed E-state index contributed by atoms with van der Waals surface area (Å²) in [6.07, 6.45) is 7.19. The van der Waals surface area contributed by atoms with E-state index < -0.39 is 0 Å². The standard InChI is InChI=1S/C20H31N/c1-15(2)13-21-14-20(12-18-8-9-19(20)10-18)11-17-6-4-16(3)5-7-17/h4-7,15,18-19,21H,8-14H2,1-3H3. The third-order valence-corrected chi connectivity index (χ3v) is 5.81. The van der Waals surface area contributed by atoms with E-state index >= 15 is 0 Å². The quantitative estimate of drug-likeness (QED) is 0.806. The zero-order valence-corrected chi connectivity index (χ0v) is 14.0. The van der Waals surface area contributed by atoms with E-state index in [1.54, 1.807) is 5.56 Å². The van der Waals surface area contributed by atoms with Gasteiger partial charge in [-0.3, -0.25) is 0 Å². The SMILES string of the molecule is Cc1ccc(CC2(CNCC(C)C)CC3CCC2C3)cc1. The van der Waals surface area contributed by atoms with E-state index in [9.17, 15) is 0 Å². The summed E-state index contributed by atoms with van der Waals surface area (Å²) in [6.45, 7) is 9.18. The fourth-order valence-electron chi connectivity index (χ4n) is 4.78. The highest BCUT2D eigenvalue weighted by atomic mass is 14.9. The van der Waals surface area contributed by atoms with Crippen LogP contribution in [-0.4, -0.2) is 13.1 Å². The van der Waals surface area contributed by atoms with Crippen molar-refractivity contribution in [1.29, 1.82) is 0 Å². The highest BCUT2D eigenvalue weighted by Gasteiger charge is 2.50. The molecule has 0 radical (unpaired) electrons. The van der Waals surface area contributed by atoms with Crippen LogP contribution in [0.5, 0.6) is 0 Å². The van der Waals surface area contributed by atoms with Crippen LogP contribution in [0, 0.1) is 30.1 Å². The van der Waals surface area contributed by atoms with E-state index in [-0.39, 0.29) is 0 Å². The molecule has 0 heterocycles. The number of fused-ring (bicyclic) bond motifs is 2. The predicted molar refractivity (Wildman–Crippen MR) is 90.5 cm³/mol. The average molecular weight is 285 g/mol. The Hall–Kier alpha value is -0.820. The lowest BCUT2D eigenvalue weighted by Crippen LogP contribution is -2.41. The van der Waals surface area contributed by atoms with Gasteiger partial charge in [0, 0.05) is 6.54 Å². The summed E-state index contributed by atoms with van der Waals surface area (Å²) in [5.74, 6) is 2.73. The van der Waals surface area contributed by atoms with Gasteiger partial charge in [-0.25, -0.2) is 0 Å². The summed E-state index contributed by atoms with van der Waals surface area (Å²) >= 11 is 0. The molecule has 2 aliphatic carbocycles. The van der Waals surface area contributed by atoms with E-state index in [2.05, 4.69) is 50.4 Å². The van der Waals surface area contributed by atoms with Crippen LogP contribution in [0.4, 0.5) is 0 Å². The van der Waals surface area contributed by atoms with Crippen LogP contribution >= 0.6 is 0 Å². The minimum Gasteiger partial charge on any atom is -0.316 e. The number of nitrogens with one attached hydrogen (secondary N) is 1. The van der Waals surface area contributed by atoms with Gasteiger partial charge in [-0.2, -0.15) is 0 Å². The molecule has 1 heteroatoms. The van der Waals surface area contributed by atoms with Gasteiger partial charge in [0.05, 0.1) is 0 Å². The predicted octanol–water partition coefficient (Wildman–Crippen LogP) is 4.59. The lowest BCUT2D eigenvalue weighted by atomic mass is 9.69. The smallest absolute Gasteiger partial charge is 0.00139 e. The van der Waals surface area contributed by atoms with Crippen LogP contribution in [0.1, 0.15) is 50.7 Å². The van der Waals surface area contributed by atoms with Gasteiger partial charge in [0.15, 0.2) is 0 Å². The molecule has 1 aromatic carbocycles. The van der Waals surface area contributed by atoms with E-state index in [1.807, 2.05) is 0 Å². The Labute approximate surface area is 130 Å². The van der Waals surface area contributed by atoms with Crippen LogP contribution in [-0.2, 0) is 6.42 Å². The number of aryl methyl sites for hydroxylation is 1. The van der Waals surface area contributed by atoms with E-state index in [4.69, 9.17) is 0 Å². The molecule has 2 saturated carbocycles. The van der Waals surface area contributed by atoms with E-state index in [1.165, 1.54) is 44.2 Å². The molecule has 116 valence electrons. The Kier molecular flexibility index (Phi) is 4.40. The molecule has 2 aliphatic rings. The monoisotopic (exact) mass is 285 g/mol. The lowest BCUT2D eigenvalue weighted by Gasteiger charge is -2.39. The maximum atomic E-state index is 3.78. The number of hydrogen-bond acceptors (Lipinski definition) is 1. The number of benzene rings is 1. The third kappa shape index (κ3) is 3.34. The molecule has 0 spiro atoms. The Bertz CT molecular complexity index is 461. The van der Waals surface area contributed by atoms with E-state index in [0.717, 1.165) is 24.3 Å². The molecular formula is C20H31N. The van der Waals surface area contributed by atoms with Crippen molar-refractivity contribution >= 4 is 0 Å². The van der Waals surface area contributed by atoms with Crippen LogP contribution in [0.3, 0.4) is 0 Å². The van der Waals surface area contributed by atoms with Crippen molar-refractivity contribution in [2.75, 3.05) is 13.1 Å². The normalized spacial score (nSPS) is 31.2. The molecule has 1 nitrogen and oxygen atoms in total. The first kappa shape index (κ1) is 15.1. The maximum absolute atomic E-state index is 3.78. The first-order valence-electron chi connectivity index (χ1n) is 8.84. The van der Waals surface area contributed by atoms with Gasteiger partial charge in [0.2, 0.25) is 0 Å². The molecule has 0 amide bonds. The number of hydrogen-bond donors (Lipinski definition) is 1. The van der Waals surface area contributed by atoms with Crippen molar-refractivity contribution in [2.24, 2.45) is 23.2 Å². The average Bonchev–Trinajstić information content (AvgIpc) is 3.02. The second-order valence-electron chi connectivity index (χ2n) is 8.13. The van der Waals surface area contributed by atoms with Gasteiger partial charge in [0.1, 0.15) is 0 Å². The molecule has 2 bridgehead atoms. The fraction of sp³-hybridized carbons (Fsp3) is 0.700. The van der Waals surface area contributed by atoms with Crippen molar-refractivity contribution < 1.29 is 0 Å². The second-order valence-corrected chi connectivity index (χ2v) is 8.13. The summed E-state index contributed by atoms with van der Waals surface area (Å²) in [7, 11) is 0. The number of rotatable bonds is 6. The zero-order chi connectivity index (χ0) is 14.9. The first-order chi connectivity index (χ1) is 10.1. The van der Waals surface area contributed by atoms with Crippen LogP contribution in [0.25, 0.3) is 0 Å². The van der Waals surface area contributed by atoms with Crippen LogP contribution in [0.15, 0.2) is 24.3 Å². The Morgan fingerprint density at radius 2 is 1.95 bits per heavy atom. The Balaban J connectivity index is 1.72. The summed E-state index contributed by atoms with van der Waals surface area (Å²) < 4.78 is 0. The minimum atomic E-state index is 0.535. The lowest BCUT2D eigenvalue weighted by molar-refractivity contribution is 0.155. The molecule has 1 aromatic rings. The van der Waals surface area contributed by atoms with Crippen molar-refractivity contribution in [3.8, 4) is 0 Å². The molecule has 3 unspecified atom stereocenters. The van der Waals surface area contributed by atoms with Gasteiger partial charge in [-0.05, 0) is 67.9 Å². The van der Waals surface area contributed by atoms with Crippen molar-refractivity contribution in [3.63, 3.8) is 0 Å². The van der Waals surface area contributed by atoms with Gasteiger partial charge in [-0.15, -0.1) is 0 Å². The molecule has 2 fully saturated rings. The summed E-state index contributed by atoms with van der Waals surface area (Å²) in [6, 6.07) is 9.26. The van der Waals surface area contributed by atoms with Gasteiger partial charge in [-0.1, -0.05) is 50.1 Å². The molecule has 1 N–H and O–H groups in total. The molecular weight excluding hydrogens is 254 g/mol. The fourth-order valence-corrected chi connectivity index (χ4v) is 4.78.